The maximum Gasteiger partial charge on any atom is 0.241 e. The molecule has 3 unspecified atom stereocenters. The molecule has 4 nitrogen and oxygen atoms in total. The molecule has 0 radical (unpaired) electrons. The molecule has 1 heterocycles. The van der Waals surface area contributed by atoms with Gasteiger partial charge in [0.1, 0.15) is 11.4 Å². The van der Waals surface area contributed by atoms with Gasteiger partial charge in [-0.2, -0.15) is 0 Å². The van der Waals surface area contributed by atoms with Crippen LogP contribution in [0.5, 0.6) is 0 Å². The van der Waals surface area contributed by atoms with Crippen molar-refractivity contribution in [2.24, 2.45) is 17.1 Å². The highest BCUT2D eigenvalue weighted by Gasteiger charge is 2.70. The molecule has 1 saturated heterocycles. The Morgan fingerprint density at radius 2 is 2.04 bits per heavy atom. The summed E-state index contributed by atoms with van der Waals surface area (Å²) in [4.78, 5) is 12.7. The molecule has 1 aliphatic heterocycles. The van der Waals surface area contributed by atoms with E-state index in [-0.39, 0.29) is 41.6 Å². The predicted octanol–water partition coefficient (Wildman–Crippen LogP) is 2.40. The first-order valence-electron chi connectivity index (χ1n) is 7.80. The summed E-state index contributed by atoms with van der Waals surface area (Å²) in [6, 6.07) is 6.10. The highest BCUT2D eigenvalue weighted by molar-refractivity contribution is 5.89. The van der Waals surface area contributed by atoms with Crippen molar-refractivity contribution in [2.45, 2.75) is 44.9 Å². The van der Waals surface area contributed by atoms with E-state index in [1.165, 1.54) is 12.1 Å². The number of fused-ring (bicyclic) bond motifs is 1. The van der Waals surface area contributed by atoms with Crippen molar-refractivity contribution >= 4 is 18.3 Å². The smallest absolute Gasteiger partial charge is 0.241 e. The lowest BCUT2D eigenvalue weighted by Crippen LogP contribution is -2.82. The Morgan fingerprint density at radius 1 is 1.39 bits per heavy atom. The molecule has 2 fully saturated rings. The van der Waals surface area contributed by atoms with Crippen LogP contribution in [-0.2, 0) is 16.1 Å². The number of ether oxygens (including phenoxy) is 1. The molecule has 1 aromatic rings. The molecule has 1 saturated carbocycles. The number of hydrogen-bond donors (Lipinski definition) is 2. The number of carbonyl (C=O) groups is 1. The van der Waals surface area contributed by atoms with Gasteiger partial charge in [-0.3, -0.25) is 4.79 Å². The first kappa shape index (κ1) is 18.2. The second-order valence-corrected chi connectivity index (χ2v) is 6.94. The third-order valence-electron chi connectivity index (χ3n) is 5.43. The third kappa shape index (κ3) is 2.75. The van der Waals surface area contributed by atoms with E-state index in [9.17, 15) is 9.18 Å². The Labute approximate surface area is 142 Å². The van der Waals surface area contributed by atoms with Gasteiger partial charge in [-0.15, -0.1) is 12.4 Å². The Bertz CT molecular complexity index is 578. The van der Waals surface area contributed by atoms with Crippen LogP contribution in [0.15, 0.2) is 24.3 Å². The summed E-state index contributed by atoms with van der Waals surface area (Å²) in [6.07, 6.45) is 1.93. The van der Waals surface area contributed by atoms with Crippen LogP contribution in [0.4, 0.5) is 4.39 Å². The van der Waals surface area contributed by atoms with Crippen LogP contribution < -0.4 is 11.1 Å². The zero-order valence-corrected chi connectivity index (χ0v) is 14.3. The summed E-state index contributed by atoms with van der Waals surface area (Å²) in [6.45, 7) is 5.10. The van der Waals surface area contributed by atoms with Crippen LogP contribution in [0.25, 0.3) is 0 Å². The van der Waals surface area contributed by atoms with Gasteiger partial charge in [-0.25, -0.2) is 4.39 Å². The van der Waals surface area contributed by atoms with Gasteiger partial charge in [0.15, 0.2) is 0 Å². The molecule has 128 valence electrons. The van der Waals surface area contributed by atoms with Gasteiger partial charge in [0.05, 0.1) is 6.10 Å². The number of nitrogens with one attached hydrogen (secondary N) is 1. The van der Waals surface area contributed by atoms with E-state index < -0.39 is 5.54 Å². The first-order valence-corrected chi connectivity index (χ1v) is 7.80. The fourth-order valence-corrected chi connectivity index (χ4v) is 3.97. The minimum Gasteiger partial charge on any atom is -0.377 e. The molecule has 3 rings (SSSR count). The summed E-state index contributed by atoms with van der Waals surface area (Å²) in [5.41, 5.74) is 6.08. The van der Waals surface area contributed by atoms with E-state index >= 15 is 0 Å². The molecule has 6 heteroatoms. The minimum atomic E-state index is -0.905. The number of rotatable bonds is 3. The lowest BCUT2D eigenvalue weighted by Gasteiger charge is -2.65. The Hall–Kier alpha value is -1.17. The molecular weight excluding hydrogens is 319 g/mol. The zero-order chi connectivity index (χ0) is 16.0. The van der Waals surface area contributed by atoms with E-state index in [2.05, 4.69) is 5.32 Å². The Balaban J connectivity index is 0.00000192. The van der Waals surface area contributed by atoms with Crippen molar-refractivity contribution in [3.63, 3.8) is 0 Å². The SMILES string of the molecule is CC1(C)C2OCCCC2C1(N)C(=O)NCc1ccc(F)cc1.Cl. The van der Waals surface area contributed by atoms with Gasteiger partial charge in [-0.1, -0.05) is 26.0 Å². The molecule has 0 aromatic heterocycles. The van der Waals surface area contributed by atoms with Crippen molar-refractivity contribution in [2.75, 3.05) is 6.61 Å². The standard InChI is InChI=1S/C17H23FN2O2.ClH/c1-16(2)14-13(4-3-9-22-14)17(16,19)15(21)20-10-11-5-7-12(18)8-6-11;/h5-8,13-14H,3-4,9-10,19H2,1-2H3,(H,20,21);1H. The number of carbonyl (C=O) groups excluding carboxylic acids is 1. The molecule has 0 spiro atoms. The van der Waals surface area contributed by atoms with Crippen molar-refractivity contribution in [3.05, 3.63) is 35.6 Å². The highest BCUT2D eigenvalue weighted by atomic mass is 35.5. The predicted molar refractivity (Wildman–Crippen MR) is 88.7 cm³/mol. The van der Waals surface area contributed by atoms with Gasteiger partial charge in [0, 0.05) is 24.5 Å². The van der Waals surface area contributed by atoms with Gasteiger partial charge < -0.3 is 15.8 Å². The normalized spacial score (nSPS) is 31.3. The Morgan fingerprint density at radius 3 is 2.70 bits per heavy atom. The topological polar surface area (TPSA) is 64.3 Å². The third-order valence-corrected chi connectivity index (χ3v) is 5.43. The van der Waals surface area contributed by atoms with Gasteiger partial charge >= 0.3 is 0 Å². The maximum absolute atomic E-state index is 12.9. The monoisotopic (exact) mass is 342 g/mol. The molecule has 1 aromatic carbocycles. The van der Waals surface area contributed by atoms with Crippen molar-refractivity contribution in [1.29, 1.82) is 0 Å². The van der Waals surface area contributed by atoms with E-state index in [1.807, 2.05) is 13.8 Å². The van der Waals surface area contributed by atoms with E-state index in [1.54, 1.807) is 12.1 Å². The second kappa shape index (κ2) is 6.38. The molecule has 0 bridgehead atoms. The van der Waals surface area contributed by atoms with Crippen LogP contribution in [0.2, 0.25) is 0 Å². The summed E-state index contributed by atoms with van der Waals surface area (Å²) in [7, 11) is 0. The molecule has 2 aliphatic rings. The zero-order valence-electron chi connectivity index (χ0n) is 13.5. The summed E-state index contributed by atoms with van der Waals surface area (Å²) in [5, 5.41) is 2.91. The van der Waals surface area contributed by atoms with Crippen LogP contribution >= 0.6 is 12.4 Å². The van der Waals surface area contributed by atoms with Gasteiger partial charge in [-0.05, 0) is 30.5 Å². The molecule has 1 amide bonds. The minimum absolute atomic E-state index is 0. The quantitative estimate of drug-likeness (QED) is 0.886. The lowest BCUT2D eigenvalue weighted by molar-refractivity contribution is -0.225. The fourth-order valence-electron chi connectivity index (χ4n) is 3.97. The van der Waals surface area contributed by atoms with E-state index in [4.69, 9.17) is 10.5 Å². The van der Waals surface area contributed by atoms with E-state index in [0.717, 1.165) is 25.0 Å². The fraction of sp³-hybridized carbons (Fsp3) is 0.588. The maximum atomic E-state index is 12.9. The average molecular weight is 343 g/mol. The average Bonchev–Trinajstić information content (AvgIpc) is 2.53. The lowest BCUT2D eigenvalue weighted by atomic mass is 9.46. The van der Waals surface area contributed by atoms with Crippen LogP contribution in [0.3, 0.4) is 0 Å². The molecule has 3 atom stereocenters. The second-order valence-electron chi connectivity index (χ2n) is 6.94. The van der Waals surface area contributed by atoms with Gasteiger partial charge in [0.2, 0.25) is 5.91 Å². The highest BCUT2D eigenvalue weighted by Crippen LogP contribution is 2.57. The summed E-state index contributed by atoms with van der Waals surface area (Å²) >= 11 is 0. The summed E-state index contributed by atoms with van der Waals surface area (Å²) in [5.74, 6) is -0.356. The van der Waals surface area contributed by atoms with Crippen LogP contribution in [-0.4, -0.2) is 24.2 Å². The number of nitrogens with two attached hydrogens (primary N) is 1. The Kier molecular flexibility index (Phi) is 5.04. The molecular formula is C17H24ClFN2O2. The van der Waals surface area contributed by atoms with Gasteiger partial charge in [0.25, 0.3) is 0 Å². The largest absolute Gasteiger partial charge is 0.377 e. The number of halogens is 2. The van der Waals surface area contributed by atoms with E-state index in [0.29, 0.717) is 6.54 Å². The molecule has 1 aliphatic carbocycles. The molecule has 3 N–H and O–H groups in total. The van der Waals surface area contributed by atoms with Crippen molar-refractivity contribution < 1.29 is 13.9 Å². The number of amides is 1. The number of hydrogen-bond acceptors (Lipinski definition) is 3. The van der Waals surface area contributed by atoms with Crippen LogP contribution in [0.1, 0.15) is 32.3 Å². The van der Waals surface area contributed by atoms with Crippen molar-refractivity contribution in [1.82, 2.24) is 5.32 Å². The number of benzene rings is 1. The molecule has 23 heavy (non-hydrogen) atoms. The first-order chi connectivity index (χ1) is 10.4. The van der Waals surface area contributed by atoms with Crippen molar-refractivity contribution in [3.8, 4) is 0 Å². The van der Waals surface area contributed by atoms with Crippen LogP contribution in [0, 0.1) is 17.2 Å². The summed E-state index contributed by atoms with van der Waals surface area (Å²) < 4.78 is 18.7.